The minimum absolute atomic E-state index is 0.0325. The number of carbonyl (C=O) groups is 2. The lowest BCUT2D eigenvalue weighted by molar-refractivity contribution is -0.123. The Morgan fingerprint density at radius 1 is 0.941 bits per heavy atom. The highest BCUT2D eigenvalue weighted by Crippen LogP contribution is 2.49. The lowest BCUT2D eigenvalue weighted by atomic mass is 10.1. The third kappa shape index (κ3) is 5.85. The number of hydrogen-bond donors (Lipinski definition) is 2. The maximum Gasteiger partial charge on any atom is 0.258 e. The molecule has 2 amide bonds. The van der Waals surface area contributed by atoms with Crippen LogP contribution in [0.4, 0.5) is 0 Å². The number of hydrogen-bond acceptors (Lipinski definition) is 5. The quantitative estimate of drug-likeness (QED) is 0.353. The number of fused-ring (bicyclic) bond motifs is 3. The molecule has 1 aliphatic rings. The highest BCUT2D eigenvalue weighted by molar-refractivity contribution is 8.00. The maximum atomic E-state index is 12.4. The van der Waals surface area contributed by atoms with Crippen molar-refractivity contribution in [3.63, 3.8) is 0 Å². The molecule has 0 aliphatic heterocycles. The zero-order chi connectivity index (χ0) is 23.9. The number of ether oxygens (including phenoxy) is 1. The predicted molar refractivity (Wildman–Crippen MR) is 137 cm³/mol. The molecule has 0 aromatic heterocycles. The van der Waals surface area contributed by atoms with Crippen molar-refractivity contribution >= 4 is 29.8 Å². The number of carbonyl (C=O) groups excluding carboxylic acids is 2. The summed E-state index contributed by atoms with van der Waals surface area (Å²) in [6.45, 7) is 3.77. The van der Waals surface area contributed by atoms with Gasteiger partial charge in [0.25, 0.3) is 5.91 Å². The first-order chi connectivity index (χ1) is 16.5. The van der Waals surface area contributed by atoms with E-state index in [0.717, 1.165) is 5.56 Å². The average Bonchev–Trinajstić information content (AvgIpc) is 3.15. The Morgan fingerprint density at radius 2 is 1.56 bits per heavy atom. The van der Waals surface area contributed by atoms with Gasteiger partial charge in [-0.3, -0.25) is 9.59 Å². The number of nitrogens with zero attached hydrogens (tertiary/aromatic N) is 1. The van der Waals surface area contributed by atoms with Crippen LogP contribution in [0.25, 0.3) is 11.1 Å². The Balaban J connectivity index is 1.26. The molecule has 0 unspecified atom stereocenters. The first kappa shape index (κ1) is 23.6. The Bertz CT molecular complexity index is 1150. The number of thioether (sulfide) groups is 1. The minimum Gasteiger partial charge on any atom is -0.484 e. The van der Waals surface area contributed by atoms with E-state index in [9.17, 15) is 9.59 Å². The fraction of sp³-hybridized carbons (Fsp3) is 0.222. The topological polar surface area (TPSA) is 79.8 Å². The SMILES string of the molecule is CC(C)NC(=O)COc1ccc(C=NNC(=O)CSC2c3ccccc3-c3ccccc32)cc1. The molecule has 174 valence electrons. The van der Waals surface area contributed by atoms with Gasteiger partial charge in [-0.2, -0.15) is 5.10 Å². The van der Waals surface area contributed by atoms with Crippen molar-refractivity contribution in [2.75, 3.05) is 12.4 Å². The van der Waals surface area contributed by atoms with Gasteiger partial charge in [0.15, 0.2) is 6.61 Å². The van der Waals surface area contributed by atoms with Crippen molar-refractivity contribution in [3.8, 4) is 16.9 Å². The standard InChI is InChI=1S/C27H27N3O3S/c1-18(2)29-25(31)16-33-20-13-11-19(12-14-20)15-28-30-26(32)17-34-27-23-9-5-3-7-21(23)22-8-4-6-10-24(22)27/h3-15,18,27H,16-17H2,1-2H3,(H,29,31)(H,30,32). The van der Waals surface area contributed by atoms with Crippen molar-refractivity contribution in [2.24, 2.45) is 5.10 Å². The third-order valence-corrected chi connectivity index (χ3v) is 6.53. The van der Waals surface area contributed by atoms with Crippen LogP contribution in [-0.2, 0) is 9.59 Å². The molecule has 0 fully saturated rings. The van der Waals surface area contributed by atoms with E-state index < -0.39 is 0 Å². The summed E-state index contributed by atoms with van der Waals surface area (Å²) in [4.78, 5) is 24.0. The van der Waals surface area contributed by atoms with Gasteiger partial charge in [-0.15, -0.1) is 11.8 Å². The van der Waals surface area contributed by atoms with Crippen LogP contribution in [0.2, 0.25) is 0 Å². The molecule has 6 nitrogen and oxygen atoms in total. The van der Waals surface area contributed by atoms with Crippen LogP contribution in [0.3, 0.4) is 0 Å². The molecule has 34 heavy (non-hydrogen) atoms. The van der Waals surface area contributed by atoms with Crippen molar-refractivity contribution < 1.29 is 14.3 Å². The first-order valence-corrected chi connectivity index (χ1v) is 12.2. The number of benzene rings is 3. The van der Waals surface area contributed by atoms with Crippen LogP contribution in [0.1, 0.15) is 35.8 Å². The summed E-state index contributed by atoms with van der Waals surface area (Å²) in [6, 6.07) is 23.9. The molecular weight excluding hydrogens is 446 g/mol. The first-order valence-electron chi connectivity index (χ1n) is 11.1. The molecule has 0 saturated carbocycles. The molecule has 0 atom stereocenters. The summed E-state index contributed by atoms with van der Waals surface area (Å²) in [5, 5.41) is 6.98. The second kappa shape index (κ2) is 11.0. The van der Waals surface area contributed by atoms with Crippen molar-refractivity contribution in [1.82, 2.24) is 10.7 Å². The summed E-state index contributed by atoms with van der Waals surface area (Å²) < 4.78 is 5.47. The van der Waals surface area contributed by atoms with Crippen LogP contribution in [0.15, 0.2) is 77.9 Å². The molecule has 0 radical (unpaired) electrons. The molecule has 0 heterocycles. The molecule has 3 aromatic rings. The predicted octanol–water partition coefficient (Wildman–Crippen LogP) is 4.54. The van der Waals surface area contributed by atoms with Gasteiger partial charge in [-0.05, 0) is 65.9 Å². The van der Waals surface area contributed by atoms with E-state index in [0.29, 0.717) is 11.5 Å². The summed E-state index contributed by atoms with van der Waals surface area (Å²) in [5.74, 6) is 0.578. The molecule has 0 spiro atoms. The second-order valence-corrected chi connectivity index (χ2v) is 9.33. The van der Waals surface area contributed by atoms with E-state index >= 15 is 0 Å². The Morgan fingerprint density at radius 3 is 2.18 bits per heavy atom. The molecule has 2 N–H and O–H groups in total. The smallest absolute Gasteiger partial charge is 0.258 e. The molecule has 1 aliphatic carbocycles. The number of hydrazone groups is 1. The van der Waals surface area contributed by atoms with E-state index in [2.05, 4.69) is 40.1 Å². The van der Waals surface area contributed by atoms with Gasteiger partial charge in [-0.25, -0.2) is 5.43 Å². The van der Waals surface area contributed by atoms with Crippen LogP contribution in [-0.4, -0.2) is 36.4 Å². The summed E-state index contributed by atoms with van der Waals surface area (Å²) in [7, 11) is 0. The number of nitrogens with one attached hydrogen (secondary N) is 2. The van der Waals surface area contributed by atoms with E-state index in [1.54, 1.807) is 30.1 Å². The van der Waals surface area contributed by atoms with Gasteiger partial charge < -0.3 is 10.1 Å². The van der Waals surface area contributed by atoms with Crippen molar-refractivity contribution in [3.05, 3.63) is 89.5 Å². The minimum atomic E-state index is -0.161. The molecular formula is C27H27N3O3S. The Kier molecular flexibility index (Phi) is 7.65. The summed E-state index contributed by atoms with van der Waals surface area (Å²) in [6.07, 6.45) is 1.58. The zero-order valence-electron chi connectivity index (χ0n) is 19.2. The lowest BCUT2D eigenvalue weighted by Gasteiger charge is -2.12. The number of amides is 2. The Hall–Kier alpha value is -3.58. The fourth-order valence-electron chi connectivity index (χ4n) is 3.82. The highest BCUT2D eigenvalue weighted by Gasteiger charge is 2.28. The van der Waals surface area contributed by atoms with Crippen LogP contribution in [0.5, 0.6) is 5.75 Å². The third-order valence-electron chi connectivity index (χ3n) is 5.26. The van der Waals surface area contributed by atoms with Crippen molar-refractivity contribution in [1.29, 1.82) is 0 Å². The molecule has 0 saturated heterocycles. The second-order valence-electron chi connectivity index (χ2n) is 8.24. The van der Waals surface area contributed by atoms with Crippen molar-refractivity contribution in [2.45, 2.75) is 25.1 Å². The molecule has 0 bridgehead atoms. The average molecular weight is 474 g/mol. The molecule has 7 heteroatoms. The molecule has 4 rings (SSSR count). The normalized spacial score (nSPS) is 12.4. The number of rotatable bonds is 9. The van der Waals surface area contributed by atoms with Gasteiger partial charge in [-0.1, -0.05) is 48.5 Å². The van der Waals surface area contributed by atoms with Gasteiger partial charge in [0.2, 0.25) is 5.91 Å². The monoisotopic (exact) mass is 473 g/mol. The molecule has 3 aromatic carbocycles. The fourth-order valence-corrected chi connectivity index (χ4v) is 4.97. The van der Waals surface area contributed by atoms with E-state index in [4.69, 9.17) is 4.74 Å². The van der Waals surface area contributed by atoms with E-state index in [-0.39, 0.29) is 29.7 Å². The van der Waals surface area contributed by atoms with Gasteiger partial charge >= 0.3 is 0 Å². The highest BCUT2D eigenvalue weighted by atomic mass is 32.2. The van der Waals surface area contributed by atoms with E-state index in [1.807, 2.05) is 50.2 Å². The maximum absolute atomic E-state index is 12.4. The summed E-state index contributed by atoms with van der Waals surface area (Å²) >= 11 is 1.60. The van der Waals surface area contributed by atoms with Gasteiger partial charge in [0.05, 0.1) is 17.2 Å². The van der Waals surface area contributed by atoms with Crippen LogP contribution < -0.4 is 15.5 Å². The Labute approximate surface area is 203 Å². The van der Waals surface area contributed by atoms with Gasteiger partial charge in [0.1, 0.15) is 5.75 Å². The van der Waals surface area contributed by atoms with Crippen LogP contribution >= 0.6 is 11.8 Å². The zero-order valence-corrected chi connectivity index (χ0v) is 20.0. The van der Waals surface area contributed by atoms with Crippen LogP contribution in [0, 0.1) is 0 Å². The lowest BCUT2D eigenvalue weighted by Crippen LogP contribution is -2.34. The van der Waals surface area contributed by atoms with E-state index in [1.165, 1.54) is 22.3 Å². The summed E-state index contributed by atoms with van der Waals surface area (Å²) in [5.41, 5.74) is 8.38. The van der Waals surface area contributed by atoms with Gasteiger partial charge in [0, 0.05) is 6.04 Å². The largest absolute Gasteiger partial charge is 0.484 e.